The highest BCUT2D eigenvalue weighted by Gasteiger charge is 2.24. The summed E-state index contributed by atoms with van der Waals surface area (Å²) in [6.45, 7) is 4.73. The van der Waals surface area contributed by atoms with E-state index in [1.807, 2.05) is 21.1 Å². The van der Waals surface area contributed by atoms with Crippen LogP contribution in [-0.2, 0) is 18.4 Å². The van der Waals surface area contributed by atoms with Gasteiger partial charge < -0.3 is 28.8 Å². The summed E-state index contributed by atoms with van der Waals surface area (Å²) in [4.78, 5) is 25.4. The third-order valence-electron chi connectivity index (χ3n) is 11.3. The quantitative estimate of drug-likeness (QED) is 0.0274. The molecule has 0 saturated heterocycles. The highest BCUT2D eigenvalue weighted by atomic mass is 31.2. The van der Waals surface area contributed by atoms with E-state index < -0.39 is 20.0 Å². The average Bonchev–Trinajstić information content (AvgIpc) is 3.16. The van der Waals surface area contributed by atoms with E-state index in [1.54, 1.807) is 0 Å². The summed E-state index contributed by atoms with van der Waals surface area (Å²) in [5.74, 6) is -0.171. The number of phosphoric ester groups is 1. The van der Waals surface area contributed by atoms with Crippen LogP contribution in [0.1, 0.15) is 239 Å². The minimum atomic E-state index is -4.56. The lowest BCUT2D eigenvalue weighted by atomic mass is 10.0. The number of rotatable bonds is 45. The number of nitrogens with zero attached hydrogens (tertiary/aromatic N) is 1. The Balaban J connectivity index is 4.28. The first-order valence-corrected chi connectivity index (χ1v) is 26.0. The fraction of sp³-hybridized carbons (Fsp3) is 0.938. The maximum Gasteiger partial charge on any atom is 0.268 e. The lowest BCUT2D eigenvalue weighted by Gasteiger charge is -2.30. The van der Waals surface area contributed by atoms with Crippen LogP contribution in [0.4, 0.5) is 0 Å². The van der Waals surface area contributed by atoms with Crippen molar-refractivity contribution in [3.05, 3.63) is 12.2 Å². The number of carbonyl (C=O) groups is 1. The van der Waals surface area contributed by atoms with E-state index in [0.717, 1.165) is 51.4 Å². The molecule has 0 saturated carbocycles. The third-order valence-corrected chi connectivity index (χ3v) is 12.2. The molecule has 0 aliphatic heterocycles. The Hall–Kier alpha value is -0.760. The zero-order chi connectivity index (χ0) is 42.1. The van der Waals surface area contributed by atoms with Crippen LogP contribution in [0.3, 0.4) is 0 Å². The van der Waals surface area contributed by atoms with E-state index in [1.165, 1.54) is 161 Å². The lowest BCUT2D eigenvalue weighted by Crippen LogP contribution is -2.46. The molecule has 0 fully saturated rings. The molecule has 57 heavy (non-hydrogen) atoms. The topological polar surface area (TPSA) is 108 Å². The predicted molar refractivity (Wildman–Crippen MR) is 242 cm³/mol. The molecule has 0 aromatic carbocycles. The van der Waals surface area contributed by atoms with Crippen LogP contribution in [-0.4, -0.2) is 68.5 Å². The molecule has 3 atom stereocenters. The molecule has 8 nitrogen and oxygen atoms in total. The van der Waals surface area contributed by atoms with Gasteiger partial charge in [0.15, 0.2) is 0 Å². The van der Waals surface area contributed by atoms with Gasteiger partial charge in [-0.25, -0.2) is 0 Å². The van der Waals surface area contributed by atoms with Crippen molar-refractivity contribution in [2.75, 3.05) is 40.9 Å². The van der Waals surface area contributed by atoms with Gasteiger partial charge in [0, 0.05) is 6.42 Å². The monoisotopic (exact) mass is 829 g/mol. The van der Waals surface area contributed by atoms with Crippen molar-refractivity contribution in [3.8, 4) is 0 Å². The summed E-state index contributed by atoms with van der Waals surface area (Å²) in [5, 5.41) is 13.9. The first-order chi connectivity index (χ1) is 27.5. The van der Waals surface area contributed by atoms with Crippen molar-refractivity contribution in [2.24, 2.45) is 0 Å². The molecule has 3 unspecified atom stereocenters. The fourth-order valence-electron chi connectivity index (χ4n) is 7.33. The number of unbranched alkanes of at least 4 members (excludes halogenated alkanes) is 30. The number of allylic oxidation sites excluding steroid dienone is 2. The number of amides is 1. The van der Waals surface area contributed by atoms with Gasteiger partial charge in [-0.3, -0.25) is 9.36 Å². The summed E-state index contributed by atoms with van der Waals surface area (Å²) in [6, 6.07) is -0.801. The summed E-state index contributed by atoms with van der Waals surface area (Å²) < 4.78 is 23.3. The summed E-state index contributed by atoms with van der Waals surface area (Å²) >= 11 is 0. The second kappa shape index (κ2) is 40.6. The van der Waals surface area contributed by atoms with Gasteiger partial charge in [0.25, 0.3) is 7.82 Å². The molecule has 9 heteroatoms. The van der Waals surface area contributed by atoms with Crippen molar-refractivity contribution in [1.29, 1.82) is 0 Å². The molecule has 0 aromatic heterocycles. The van der Waals surface area contributed by atoms with Crippen molar-refractivity contribution in [2.45, 2.75) is 251 Å². The molecule has 0 heterocycles. The highest BCUT2D eigenvalue weighted by molar-refractivity contribution is 7.45. The first-order valence-electron chi connectivity index (χ1n) is 24.5. The SMILES string of the molecule is CCCCCCCC/C=C\CCCCCCCC(=O)NC(COP(=O)([O-])OCC[N+](C)(C)C)C(O)CCCCCCCCCCCCCCCCCCCCCC. The van der Waals surface area contributed by atoms with Crippen LogP contribution in [0.15, 0.2) is 12.2 Å². The van der Waals surface area contributed by atoms with Crippen LogP contribution < -0.4 is 10.2 Å². The first kappa shape index (κ1) is 56.2. The number of nitrogens with one attached hydrogen (secondary N) is 1. The highest BCUT2D eigenvalue weighted by Crippen LogP contribution is 2.38. The molecule has 2 N–H and O–H groups in total. The molecule has 0 rings (SSSR count). The van der Waals surface area contributed by atoms with E-state index in [2.05, 4.69) is 31.3 Å². The standard InChI is InChI=1S/C48H97N2O6P/c1-6-8-10-12-14-16-18-20-22-23-24-25-26-28-29-31-33-35-37-39-41-47(51)46(45-56-57(53,54)55-44-43-50(3,4)5)49-48(52)42-40-38-36-34-32-30-27-21-19-17-15-13-11-9-7-2/h21,27,46-47,51H,6-20,22-26,28-45H2,1-5H3,(H-,49,52,53,54)/b27-21-. The van der Waals surface area contributed by atoms with Crippen LogP contribution in [0.5, 0.6) is 0 Å². The van der Waals surface area contributed by atoms with E-state index in [4.69, 9.17) is 9.05 Å². The van der Waals surface area contributed by atoms with E-state index in [-0.39, 0.29) is 19.1 Å². The Kier molecular flexibility index (Phi) is 40.1. The van der Waals surface area contributed by atoms with Crippen molar-refractivity contribution in [3.63, 3.8) is 0 Å². The number of likely N-dealkylation sites (N-methyl/N-ethyl adjacent to an activating group) is 1. The smallest absolute Gasteiger partial charge is 0.268 e. The summed E-state index contributed by atoms with van der Waals surface area (Å²) in [6.07, 6.45) is 46.4. The number of hydrogen-bond donors (Lipinski definition) is 2. The molecule has 0 aliphatic rings. The number of quaternary nitrogens is 1. The van der Waals surface area contributed by atoms with Crippen molar-refractivity contribution in [1.82, 2.24) is 5.32 Å². The van der Waals surface area contributed by atoms with Gasteiger partial charge in [-0.15, -0.1) is 0 Å². The number of phosphoric acid groups is 1. The zero-order valence-electron chi connectivity index (χ0n) is 38.6. The molecule has 0 aliphatic carbocycles. The Bertz CT molecular complexity index is 942. The molecule has 0 spiro atoms. The van der Waals surface area contributed by atoms with Crippen LogP contribution in [0, 0.1) is 0 Å². The van der Waals surface area contributed by atoms with E-state index in [0.29, 0.717) is 23.9 Å². The second-order valence-corrected chi connectivity index (χ2v) is 19.6. The third kappa shape index (κ3) is 43.1. The largest absolute Gasteiger partial charge is 0.756 e. The van der Waals surface area contributed by atoms with Gasteiger partial charge in [0.05, 0.1) is 39.9 Å². The van der Waals surface area contributed by atoms with Crippen LogP contribution in [0.2, 0.25) is 0 Å². The van der Waals surface area contributed by atoms with E-state index in [9.17, 15) is 19.4 Å². The molecule has 0 bridgehead atoms. The fourth-order valence-corrected chi connectivity index (χ4v) is 8.05. The lowest BCUT2D eigenvalue weighted by molar-refractivity contribution is -0.870. The molecular formula is C48H97N2O6P. The molecule has 0 radical (unpaired) electrons. The van der Waals surface area contributed by atoms with Crippen molar-refractivity contribution < 1.29 is 32.9 Å². The molecular weight excluding hydrogens is 732 g/mol. The van der Waals surface area contributed by atoms with Gasteiger partial charge in [-0.1, -0.05) is 206 Å². The molecule has 1 amide bonds. The van der Waals surface area contributed by atoms with Crippen molar-refractivity contribution >= 4 is 13.7 Å². The van der Waals surface area contributed by atoms with Crippen LogP contribution >= 0.6 is 7.82 Å². The average molecular weight is 829 g/mol. The Morgan fingerprint density at radius 3 is 1.37 bits per heavy atom. The Morgan fingerprint density at radius 2 is 0.965 bits per heavy atom. The second-order valence-electron chi connectivity index (χ2n) is 18.2. The van der Waals surface area contributed by atoms with Gasteiger partial charge in [0.2, 0.25) is 5.91 Å². The maximum atomic E-state index is 12.9. The number of aliphatic hydroxyl groups is 1. The van der Waals surface area contributed by atoms with Gasteiger partial charge >= 0.3 is 0 Å². The molecule has 0 aromatic rings. The van der Waals surface area contributed by atoms with E-state index >= 15 is 0 Å². The maximum absolute atomic E-state index is 12.9. The summed E-state index contributed by atoms with van der Waals surface area (Å²) in [7, 11) is 1.31. The predicted octanol–water partition coefficient (Wildman–Crippen LogP) is 13.3. The minimum absolute atomic E-state index is 0.0126. The number of hydrogen-bond acceptors (Lipinski definition) is 6. The van der Waals surface area contributed by atoms with Gasteiger partial charge in [0.1, 0.15) is 13.2 Å². The Labute approximate surface area is 354 Å². The number of carbonyl (C=O) groups excluding carboxylic acids is 1. The number of aliphatic hydroxyl groups excluding tert-OH is 1. The van der Waals surface area contributed by atoms with Crippen LogP contribution in [0.25, 0.3) is 0 Å². The van der Waals surface area contributed by atoms with Gasteiger partial charge in [-0.05, 0) is 38.5 Å². The Morgan fingerprint density at radius 1 is 0.596 bits per heavy atom. The minimum Gasteiger partial charge on any atom is -0.756 e. The van der Waals surface area contributed by atoms with Gasteiger partial charge in [-0.2, -0.15) is 0 Å². The normalized spacial score (nSPS) is 14.3. The molecule has 340 valence electrons. The summed E-state index contributed by atoms with van der Waals surface area (Å²) in [5.41, 5.74) is 0. The zero-order valence-corrected chi connectivity index (χ0v) is 39.5.